The van der Waals surface area contributed by atoms with Crippen molar-refractivity contribution in [2.24, 2.45) is 0 Å². The Labute approximate surface area is 182 Å². The molecular weight excluding hydrogens is 429 g/mol. The molecule has 0 amide bonds. The van der Waals surface area contributed by atoms with E-state index in [1.54, 1.807) is 0 Å². The van der Waals surface area contributed by atoms with Gasteiger partial charge in [-0.25, -0.2) is 12.3 Å². The Bertz CT molecular complexity index is 228. The molecule has 0 aliphatic heterocycles. The Kier molecular flexibility index (Phi) is 46.4. The quantitative estimate of drug-likeness (QED) is 0.198. The summed E-state index contributed by atoms with van der Waals surface area (Å²) in [6, 6.07) is 0.936. The van der Waals surface area contributed by atoms with Crippen LogP contribution in [0.4, 0.5) is 0 Å². The molecule has 0 aromatic carbocycles. The van der Waals surface area contributed by atoms with E-state index in [0.717, 1.165) is 25.7 Å². The standard InChI is InChI=1S/2C9H20N2.2CHO.Ru/c2*1-5-7-9(10-4)11-8(3)6-2;2*1-2;/h2*8-9H,5-7H2,1-4H3;2*1H;/q2*-2;2*-1;+6. The summed E-state index contributed by atoms with van der Waals surface area (Å²) >= 11 is 0. The van der Waals surface area contributed by atoms with Gasteiger partial charge in [0.2, 0.25) is 0 Å². The molecule has 0 fully saturated rings. The first kappa shape index (κ1) is 37.5. The Balaban J connectivity index is -0.0000000975. The zero-order valence-corrected chi connectivity index (χ0v) is 20.4. The molecule has 4 unspecified atom stereocenters. The van der Waals surface area contributed by atoms with Crippen LogP contribution in [0.25, 0.3) is 21.3 Å². The van der Waals surface area contributed by atoms with Gasteiger partial charge in [0, 0.05) is 0 Å². The summed E-state index contributed by atoms with van der Waals surface area (Å²) in [5, 5.41) is 17.5. The first-order chi connectivity index (χ1) is 12.5. The number of hydrogen-bond acceptors (Lipinski definition) is 2. The van der Waals surface area contributed by atoms with Crippen LogP contribution in [-0.4, -0.2) is 52.1 Å². The van der Waals surface area contributed by atoms with Gasteiger partial charge >= 0.3 is 19.5 Å². The van der Waals surface area contributed by atoms with E-state index in [1.807, 2.05) is 14.1 Å². The van der Waals surface area contributed by atoms with Gasteiger partial charge in [0.15, 0.2) is 0 Å². The summed E-state index contributed by atoms with van der Waals surface area (Å²) in [5.74, 6) is 0. The second kappa shape index (κ2) is 33.4. The summed E-state index contributed by atoms with van der Waals surface area (Å²) in [7, 11) is 3.71. The van der Waals surface area contributed by atoms with Crippen LogP contribution >= 0.6 is 0 Å². The van der Waals surface area contributed by atoms with Crippen LogP contribution in [0.2, 0.25) is 0 Å². The van der Waals surface area contributed by atoms with Crippen molar-refractivity contribution in [2.45, 2.75) is 104 Å². The van der Waals surface area contributed by atoms with Crippen molar-refractivity contribution >= 4 is 13.6 Å². The third-order valence-corrected chi connectivity index (χ3v) is 3.72. The molecule has 0 aliphatic rings. The zero-order valence-electron chi connectivity index (χ0n) is 18.7. The van der Waals surface area contributed by atoms with Crippen LogP contribution in [-0.2, 0) is 29.1 Å². The summed E-state index contributed by atoms with van der Waals surface area (Å²) in [5.41, 5.74) is 0. The van der Waals surface area contributed by atoms with E-state index in [9.17, 15) is 0 Å². The minimum absolute atomic E-state index is 0. The smallest absolute Gasteiger partial charge is 0.681 e. The van der Waals surface area contributed by atoms with Crippen molar-refractivity contribution in [2.75, 3.05) is 14.1 Å². The van der Waals surface area contributed by atoms with Gasteiger partial charge in [-0.05, 0) is 0 Å². The molecule has 0 aliphatic carbocycles. The average molecular weight is 472 g/mol. The SMILES string of the molecule is CCCC([N-]C)[N-]C(C)CC.CCCC([N-]C)[N-]C(C)CC.[CH-]=O.[CH-]=O.[Ru+6]. The Morgan fingerprint density at radius 1 is 0.667 bits per heavy atom. The van der Waals surface area contributed by atoms with E-state index in [-0.39, 0.29) is 31.8 Å². The molecule has 4 atom stereocenters. The van der Waals surface area contributed by atoms with E-state index in [0.29, 0.717) is 12.1 Å². The number of carbonyl (C=O) groups excluding carboxylic acids is 2. The monoisotopic (exact) mass is 472 g/mol. The van der Waals surface area contributed by atoms with Crippen LogP contribution in [0.15, 0.2) is 0 Å². The van der Waals surface area contributed by atoms with Crippen LogP contribution in [0.1, 0.15) is 80.1 Å². The summed E-state index contributed by atoms with van der Waals surface area (Å²) < 4.78 is 0. The molecule has 0 aromatic heterocycles. The Hall–Kier alpha value is -0.197. The van der Waals surface area contributed by atoms with Gasteiger partial charge in [-0.15, -0.1) is 12.1 Å². The fourth-order valence-electron chi connectivity index (χ4n) is 1.86. The predicted molar refractivity (Wildman–Crippen MR) is 116 cm³/mol. The number of nitrogens with zero attached hydrogens (tertiary/aromatic N) is 4. The summed E-state index contributed by atoms with van der Waals surface area (Å²) in [4.78, 5) is 15.5. The Morgan fingerprint density at radius 2 is 0.926 bits per heavy atom. The molecule has 0 radical (unpaired) electrons. The normalized spacial score (nSPS) is 13.6. The average Bonchev–Trinajstić information content (AvgIpc) is 2.70. The minimum atomic E-state index is 0. The van der Waals surface area contributed by atoms with Gasteiger partial charge in [0.25, 0.3) is 0 Å². The molecule has 0 spiro atoms. The van der Waals surface area contributed by atoms with E-state index < -0.39 is 0 Å². The second-order valence-corrected chi connectivity index (χ2v) is 5.87. The molecule has 0 saturated carbocycles. The maximum absolute atomic E-state index is 7.75. The van der Waals surface area contributed by atoms with E-state index >= 15 is 0 Å². The van der Waals surface area contributed by atoms with Gasteiger partial charge < -0.3 is 30.9 Å². The molecule has 27 heavy (non-hydrogen) atoms. The van der Waals surface area contributed by atoms with Crippen molar-refractivity contribution in [3.05, 3.63) is 21.3 Å². The largest absolute Gasteiger partial charge is 6.00 e. The molecule has 6 nitrogen and oxygen atoms in total. The third kappa shape index (κ3) is 30.8. The first-order valence-corrected chi connectivity index (χ1v) is 9.53. The van der Waals surface area contributed by atoms with Gasteiger partial charge in [0.05, 0.1) is 0 Å². The maximum Gasteiger partial charge on any atom is 6.00 e. The van der Waals surface area contributed by atoms with E-state index in [4.69, 9.17) is 9.59 Å². The number of rotatable bonds is 12. The van der Waals surface area contributed by atoms with Crippen molar-refractivity contribution < 1.29 is 29.1 Å². The van der Waals surface area contributed by atoms with Crippen LogP contribution in [0.5, 0.6) is 0 Å². The van der Waals surface area contributed by atoms with Gasteiger partial charge in [-0.3, -0.25) is 13.6 Å². The van der Waals surface area contributed by atoms with Gasteiger partial charge in [0.1, 0.15) is 0 Å². The molecule has 0 bridgehead atoms. The molecule has 0 aromatic rings. The Morgan fingerprint density at radius 3 is 1.07 bits per heavy atom. The van der Waals surface area contributed by atoms with Crippen LogP contribution in [0, 0.1) is 0 Å². The molecule has 0 rings (SSSR count). The fraction of sp³-hybridized carbons (Fsp3) is 0.900. The number of hydrogen-bond donors (Lipinski definition) is 0. The van der Waals surface area contributed by atoms with Gasteiger partial charge in [-0.2, -0.15) is 14.1 Å². The molecule has 7 heteroatoms. The summed E-state index contributed by atoms with van der Waals surface area (Å²) in [6.45, 7) is 19.5. The topological polar surface area (TPSA) is 90.5 Å². The second-order valence-electron chi connectivity index (χ2n) is 5.87. The van der Waals surface area contributed by atoms with Crippen molar-refractivity contribution in [3.8, 4) is 0 Å². The fourth-order valence-corrected chi connectivity index (χ4v) is 1.86. The molecule has 162 valence electrons. The maximum atomic E-state index is 7.75. The van der Waals surface area contributed by atoms with Crippen molar-refractivity contribution in [1.29, 1.82) is 0 Å². The van der Waals surface area contributed by atoms with Gasteiger partial charge in [-0.1, -0.05) is 80.1 Å². The minimum Gasteiger partial charge on any atom is -0.681 e. The van der Waals surface area contributed by atoms with Crippen LogP contribution in [0.3, 0.4) is 0 Å². The molecule has 0 saturated heterocycles. The molecule has 0 heterocycles. The zero-order chi connectivity index (χ0) is 21.4. The first-order valence-electron chi connectivity index (χ1n) is 9.53. The van der Waals surface area contributed by atoms with Crippen LogP contribution < -0.4 is 0 Å². The van der Waals surface area contributed by atoms with Crippen molar-refractivity contribution in [3.63, 3.8) is 0 Å². The summed E-state index contributed by atoms with van der Waals surface area (Å²) in [6.07, 6.45) is 7.27. The van der Waals surface area contributed by atoms with Crippen molar-refractivity contribution in [1.82, 2.24) is 0 Å². The van der Waals surface area contributed by atoms with E-state index in [1.165, 1.54) is 12.8 Å². The predicted octanol–water partition coefficient (Wildman–Crippen LogP) is 6.03. The van der Waals surface area contributed by atoms with E-state index in [2.05, 4.69) is 76.4 Å². The molecule has 0 N–H and O–H groups in total. The third-order valence-electron chi connectivity index (χ3n) is 3.72. The molecular formula is C20H42N4O2Ru.